The Balaban J connectivity index is 1.26. The van der Waals surface area contributed by atoms with E-state index in [-0.39, 0.29) is 11.8 Å². The first kappa shape index (κ1) is 20.6. The summed E-state index contributed by atoms with van der Waals surface area (Å²) < 4.78 is 1.74. The molecule has 0 aliphatic carbocycles. The minimum Gasteiger partial charge on any atom is -0.322 e. The van der Waals surface area contributed by atoms with Crippen LogP contribution >= 0.6 is 0 Å². The summed E-state index contributed by atoms with van der Waals surface area (Å²) in [7, 11) is 0. The number of carbonyl (C=O) groups is 2. The Bertz CT molecular complexity index is 1340. The van der Waals surface area contributed by atoms with Gasteiger partial charge in [0.05, 0.1) is 11.3 Å². The average molecular weight is 438 g/mol. The van der Waals surface area contributed by atoms with E-state index in [4.69, 9.17) is 0 Å². The molecular formula is C26H23N5O2. The number of hydrogen-bond acceptors (Lipinski definition) is 4. The molecule has 3 heterocycles. The SMILES string of the molecule is Cc1cc(C)n(-c2ccc(C(=O)Nc3ccc(C(=O)N4CCc5ccccc54)cc3)cn2)n1. The largest absolute Gasteiger partial charge is 0.322 e. The minimum atomic E-state index is -0.269. The number of pyridine rings is 1. The van der Waals surface area contributed by atoms with Crippen LogP contribution in [0, 0.1) is 13.8 Å². The van der Waals surface area contributed by atoms with E-state index in [0.29, 0.717) is 29.2 Å². The van der Waals surface area contributed by atoms with Crippen LogP contribution < -0.4 is 10.2 Å². The van der Waals surface area contributed by atoms with E-state index in [1.165, 1.54) is 11.8 Å². The summed E-state index contributed by atoms with van der Waals surface area (Å²) >= 11 is 0. The molecule has 2 aromatic heterocycles. The van der Waals surface area contributed by atoms with Gasteiger partial charge in [0.1, 0.15) is 0 Å². The molecule has 1 N–H and O–H groups in total. The van der Waals surface area contributed by atoms with E-state index in [0.717, 1.165) is 23.5 Å². The van der Waals surface area contributed by atoms with Crippen LogP contribution in [0.15, 0.2) is 72.9 Å². The second-order valence-corrected chi connectivity index (χ2v) is 8.11. The second-order valence-electron chi connectivity index (χ2n) is 8.11. The molecule has 7 heteroatoms. The Hall–Kier alpha value is -4.26. The number of fused-ring (bicyclic) bond motifs is 1. The summed E-state index contributed by atoms with van der Waals surface area (Å²) in [6.45, 7) is 4.56. The Morgan fingerprint density at radius 1 is 0.939 bits per heavy atom. The van der Waals surface area contributed by atoms with Crippen molar-refractivity contribution < 1.29 is 9.59 Å². The van der Waals surface area contributed by atoms with Gasteiger partial charge in [-0.15, -0.1) is 0 Å². The van der Waals surface area contributed by atoms with Gasteiger partial charge in [0.2, 0.25) is 0 Å². The Morgan fingerprint density at radius 2 is 1.70 bits per heavy atom. The molecule has 0 unspecified atom stereocenters. The van der Waals surface area contributed by atoms with Gasteiger partial charge in [-0.2, -0.15) is 5.10 Å². The van der Waals surface area contributed by atoms with E-state index >= 15 is 0 Å². The Labute approximate surface area is 191 Å². The van der Waals surface area contributed by atoms with Gasteiger partial charge in [-0.1, -0.05) is 18.2 Å². The first-order valence-corrected chi connectivity index (χ1v) is 10.8. The van der Waals surface area contributed by atoms with Crippen molar-refractivity contribution in [1.82, 2.24) is 14.8 Å². The van der Waals surface area contributed by atoms with Gasteiger partial charge >= 0.3 is 0 Å². The molecule has 0 fully saturated rings. The van der Waals surface area contributed by atoms with Crippen LogP contribution in [-0.2, 0) is 6.42 Å². The minimum absolute atomic E-state index is 0.0400. The van der Waals surface area contributed by atoms with E-state index in [1.807, 2.05) is 38.1 Å². The lowest BCUT2D eigenvalue weighted by molar-refractivity contribution is 0.0988. The maximum atomic E-state index is 13.0. The lowest BCUT2D eigenvalue weighted by Gasteiger charge is -2.17. The lowest BCUT2D eigenvalue weighted by Crippen LogP contribution is -2.28. The molecule has 1 aliphatic rings. The number of benzene rings is 2. The van der Waals surface area contributed by atoms with Crippen molar-refractivity contribution in [3.05, 3.63) is 101 Å². The van der Waals surface area contributed by atoms with Crippen molar-refractivity contribution in [1.29, 1.82) is 0 Å². The highest BCUT2D eigenvalue weighted by Gasteiger charge is 2.25. The third-order valence-corrected chi connectivity index (χ3v) is 5.76. The predicted molar refractivity (Wildman–Crippen MR) is 127 cm³/mol. The Kier molecular flexibility index (Phi) is 5.22. The summed E-state index contributed by atoms with van der Waals surface area (Å²) in [5.41, 5.74) is 5.68. The fraction of sp³-hybridized carbons (Fsp3) is 0.154. The Morgan fingerprint density at radius 3 is 2.39 bits per heavy atom. The number of hydrogen-bond donors (Lipinski definition) is 1. The zero-order valence-corrected chi connectivity index (χ0v) is 18.4. The fourth-order valence-corrected chi connectivity index (χ4v) is 4.11. The maximum Gasteiger partial charge on any atom is 0.258 e. The molecule has 2 amide bonds. The molecule has 0 bridgehead atoms. The fourth-order valence-electron chi connectivity index (χ4n) is 4.11. The quantitative estimate of drug-likeness (QED) is 0.515. The molecule has 5 rings (SSSR count). The van der Waals surface area contributed by atoms with Crippen molar-refractivity contribution in [3.8, 4) is 5.82 Å². The second kappa shape index (κ2) is 8.35. The molecule has 7 nitrogen and oxygen atoms in total. The molecule has 2 aromatic carbocycles. The summed E-state index contributed by atoms with van der Waals surface area (Å²) in [6.07, 6.45) is 2.40. The number of carbonyl (C=O) groups excluding carboxylic acids is 2. The summed E-state index contributed by atoms with van der Waals surface area (Å²) in [5.74, 6) is 0.347. The van der Waals surface area contributed by atoms with E-state index < -0.39 is 0 Å². The van der Waals surface area contributed by atoms with Gasteiger partial charge in [-0.25, -0.2) is 9.67 Å². The first-order valence-electron chi connectivity index (χ1n) is 10.8. The number of amides is 2. The number of aromatic nitrogens is 3. The first-order chi connectivity index (χ1) is 16.0. The van der Waals surface area contributed by atoms with Gasteiger partial charge < -0.3 is 10.2 Å². The van der Waals surface area contributed by atoms with Gasteiger partial charge in [-0.05, 0) is 74.4 Å². The van der Waals surface area contributed by atoms with Crippen LogP contribution in [0.4, 0.5) is 11.4 Å². The summed E-state index contributed by atoms with van der Waals surface area (Å²) in [6, 6.07) is 20.4. The monoisotopic (exact) mass is 437 g/mol. The number of nitrogens with one attached hydrogen (secondary N) is 1. The number of rotatable bonds is 4. The highest BCUT2D eigenvalue weighted by molar-refractivity contribution is 6.08. The van der Waals surface area contributed by atoms with E-state index in [2.05, 4.69) is 21.5 Å². The molecular weight excluding hydrogens is 414 g/mol. The van der Waals surface area contributed by atoms with Gasteiger partial charge in [-0.3, -0.25) is 9.59 Å². The highest BCUT2D eigenvalue weighted by Crippen LogP contribution is 2.29. The smallest absolute Gasteiger partial charge is 0.258 e. The van der Waals surface area contributed by atoms with Crippen LogP contribution in [-0.4, -0.2) is 33.1 Å². The predicted octanol–water partition coefficient (Wildman–Crippen LogP) is 4.34. The van der Waals surface area contributed by atoms with Crippen LogP contribution in [0.5, 0.6) is 0 Å². The van der Waals surface area contributed by atoms with Crippen LogP contribution in [0.25, 0.3) is 5.82 Å². The van der Waals surface area contributed by atoms with Gasteiger partial charge in [0, 0.05) is 35.4 Å². The number of para-hydroxylation sites is 1. The average Bonchev–Trinajstić information content (AvgIpc) is 3.41. The summed E-state index contributed by atoms with van der Waals surface area (Å²) in [4.78, 5) is 31.8. The molecule has 4 aromatic rings. The van der Waals surface area contributed by atoms with Crippen molar-refractivity contribution >= 4 is 23.2 Å². The van der Waals surface area contributed by atoms with Crippen molar-refractivity contribution in [2.75, 3.05) is 16.8 Å². The van der Waals surface area contributed by atoms with Gasteiger partial charge in [0.15, 0.2) is 5.82 Å². The van der Waals surface area contributed by atoms with Crippen molar-refractivity contribution in [2.24, 2.45) is 0 Å². The van der Waals surface area contributed by atoms with Gasteiger partial charge in [0.25, 0.3) is 11.8 Å². The molecule has 0 radical (unpaired) electrons. The molecule has 33 heavy (non-hydrogen) atoms. The van der Waals surface area contributed by atoms with Crippen molar-refractivity contribution in [3.63, 3.8) is 0 Å². The number of anilines is 2. The van der Waals surface area contributed by atoms with Crippen LogP contribution in [0.3, 0.4) is 0 Å². The lowest BCUT2D eigenvalue weighted by atomic mass is 10.1. The zero-order chi connectivity index (χ0) is 22.9. The van der Waals surface area contributed by atoms with Crippen LogP contribution in [0.1, 0.15) is 37.7 Å². The normalized spacial score (nSPS) is 12.5. The molecule has 0 atom stereocenters. The molecule has 0 saturated heterocycles. The van der Waals surface area contributed by atoms with E-state index in [1.54, 1.807) is 46.0 Å². The number of aryl methyl sites for hydroxylation is 2. The molecule has 0 saturated carbocycles. The summed E-state index contributed by atoms with van der Waals surface area (Å²) in [5, 5.41) is 7.27. The molecule has 1 aliphatic heterocycles. The third-order valence-electron chi connectivity index (χ3n) is 5.76. The molecule has 0 spiro atoms. The molecule has 164 valence electrons. The topological polar surface area (TPSA) is 80.1 Å². The van der Waals surface area contributed by atoms with Crippen molar-refractivity contribution in [2.45, 2.75) is 20.3 Å². The van der Waals surface area contributed by atoms with E-state index in [9.17, 15) is 9.59 Å². The highest BCUT2D eigenvalue weighted by atomic mass is 16.2. The maximum absolute atomic E-state index is 13.0. The number of nitrogens with zero attached hydrogens (tertiary/aromatic N) is 4. The zero-order valence-electron chi connectivity index (χ0n) is 18.4. The standard InChI is InChI=1S/C26H23N5O2/c1-17-15-18(2)31(29-17)24-12-9-21(16-27-24)25(32)28-22-10-7-20(8-11-22)26(33)30-14-13-19-5-3-4-6-23(19)30/h3-12,15-16H,13-14H2,1-2H3,(H,28,32). The third kappa shape index (κ3) is 4.01. The van der Waals surface area contributed by atoms with Crippen LogP contribution in [0.2, 0.25) is 0 Å².